The van der Waals surface area contributed by atoms with Crippen LogP contribution in [0.15, 0.2) is 12.7 Å². The number of hydrogen-bond donors (Lipinski definition) is 2. The fourth-order valence-corrected chi connectivity index (χ4v) is 1.24. The molecular formula is C10H16N8O. The predicted octanol–water partition coefficient (Wildman–Crippen LogP) is -0.129. The Labute approximate surface area is 110 Å². The van der Waals surface area contributed by atoms with Gasteiger partial charge >= 0.3 is 0 Å². The van der Waals surface area contributed by atoms with Crippen LogP contribution in [-0.4, -0.2) is 49.0 Å². The molecule has 0 aliphatic rings. The lowest BCUT2D eigenvalue weighted by molar-refractivity contribution is 0.0342. The van der Waals surface area contributed by atoms with Gasteiger partial charge < -0.3 is 15.8 Å². The number of aromatic nitrogens is 6. The molecule has 0 aliphatic heterocycles. The van der Waals surface area contributed by atoms with Gasteiger partial charge in [-0.25, -0.2) is 4.98 Å². The van der Waals surface area contributed by atoms with Crippen molar-refractivity contribution >= 4 is 11.9 Å². The van der Waals surface area contributed by atoms with Crippen LogP contribution in [0.5, 0.6) is 0 Å². The van der Waals surface area contributed by atoms with E-state index < -0.39 is 0 Å². The van der Waals surface area contributed by atoms with Crippen LogP contribution >= 0.6 is 0 Å². The molecule has 2 aromatic rings. The topological polar surface area (TPSA) is 117 Å². The Hall–Kier alpha value is -2.29. The molecule has 0 saturated carbocycles. The Morgan fingerprint density at radius 1 is 1.37 bits per heavy atom. The fourth-order valence-electron chi connectivity index (χ4n) is 1.24. The van der Waals surface area contributed by atoms with E-state index in [2.05, 4.69) is 30.4 Å². The third-order valence-corrected chi connectivity index (χ3v) is 2.49. The van der Waals surface area contributed by atoms with Crippen LogP contribution in [0.3, 0.4) is 0 Å². The maximum Gasteiger partial charge on any atom is 0.258 e. The van der Waals surface area contributed by atoms with Crippen molar-refractivity contribution in [2.45, 2.75) is 19.4 Å². The lowest BCUT2D eigenvalue weighted by Crippen LogP contribution is -2.32. The number of methoxy groups -OCH3 is 1. The first-order valence-corrected chi connectivity index (χ1v) is 5.66. The lowest BCUT2D eigenvalue weighted by Gasteiger charge is -2.23. The third kappa shape index (κ3) is 3.35. The Morgan fingerprint density at radius 3 is 2.79 bits per heavy atom. The van der Waals surface area contributed by atoms with E-state index in [9.17, 15) is 0 Å². The molecular weight excluding hydrogens is 248 g/mol. The van der Waals surface area contributed by atoms with Gasteiger partial charge in [-0.05, 0) is 13.8 Å². The SMILES string of the molecule is COC(C)(C)CNc1nc(N)nc(-n2cncn2)n1. The molecule has 2 rings (SSSR count). The molecule has 0 aromatic carbocycles. The molecule has 2 aromatic heterocycles. The highest BCUT2D eigenvalue weighted by Gasteiger charge is 2.17. The van der Waals surface area contributed by atoms with Gasteiger partial charge in [0.05, 0.1) is 5.60 Å². The Balaban J connectivity index is 2.18. The molecule has 0 bridgehead atoms. The van der Waals surface area contributed by atoms with Crippen molar-refractivity contribution in [2.75, 3.05) is 24.7 Å². The van der Waals surface area contributed by atoms with Crippen molar-refractivity contribution in [1.82, 2.24) is 29.7 Å². The minimum absolute atomic E-state index is 0.109. The summed E-state index contributed by atoms with van der Waals surface area (Å²) in [5.41, 5.74) is 5.30. The number of ether oxygens (including phenoxy) is 1. The summed E-state index contributed by atoms with van der Waals surface area (Å²) in [6.07, 6.45) is 2.87. The Bertz CT molecular complexity index is 538. The highest BCUT2D eigenvalue weighted by Crippen LogP contribution is 2.10. The molecule has 3 N–H and O–H groups in total. The zero-order chi connectivity index (χ0) is 13.9. The average Bonchev–Trinajstić information content (AvgIpc) is 2.90. The van der Waals surface area contributed by atoms with E-state index in [4.69, 9.17) is 10.5 Å². The standard InChI is InChI=1S/C10H16N8O/c1-10(2,19-3)4-13-8-15-7(11)16-9(17-8)18-6-12-5-14-18/h5-6H,4H2,1-3H3,(H3,11,13,15,16,17). The summed E-state index contributed by atoms with van der Waals surface area (Å²) in [7, 11) is 1.64. The van der Waals surface area contributed by atoms with Crippen molar-refractivity contribution in [3.8, 4) is 5.95 Å². The van der Waals surface area contributed by atoms with Crippen molar-refractivity contribution in [2.24, 2.45) is 0 Å². The predicted molar refractivity (Wildman–Crippen MR) is 68.7 cm³/mol. The first-order valence-electron chi connectivity index (χ1n) is 5.66. The molecule has 19 heavy (non-hydrogen) atoms. The molecule has 2 heterocycles. The van der Waals surface area contributed by atoms with E-state index in [1.54, 1.807) is 7.11 Å². The van der Waals surface area contributed by atoms with Crippen LogP contribution in [0.25, 0.3) is 5.95 Å². The van der Waals surface area contributed by atoms with Gasteiger partial charge in [0.1, 0.15) is 12.7 Å². The largest absolute Gasteiger partial charge is 0.377 e. The number of hydrogen-bond acceptors (Lipinski definition) is 8. The molecule has 9 nitrogen and oxygen atoms in total. The van der Waals surface area contributed by atoms with Gasteiger partial charge in [0, 0.05) is 13.7 Å². The summed E-state index contributed by atoms with van der Waals surface area (Å²) < 4.78 is 6.71. The quantitative estimate of drug-likeness (QED) is 0.767. The van der Waals surface area contributed by atoms with Gasteiger partial charge in [0.25, 0.3) is 5.95 Å². The first kappa shape index (κ1) is 13.1. The first-order chi connectivity index (χ1) is 9.00. The molecule has 9 heteroatoms. The Kier molecular flexibility index (Phi) is 3.56. The van der Waals surface area contributed by atoms with Gasteiger partial charge in [-0.3, -0.25) is 0 Å². The summed E-state index contributed by atoms with van der Waals surface area (Å²) in [5.74, 6) is 0.782. The molecule has 0 spiro atoms. The highest BCUT2D eigenvalue weighted by atomic mass is 16.5. The van der Waals surface area contributed by atoms with E-state index in [1.165, 1.54) is 17.3 Å². The number of rotatable bonds is 5. The molecule has 102 valence electrons. The summed E-state index contributed by atoms with van der Waals surface area (Å²) in [5, 5.41) is 6.99. The smallest absolute Gasteiger partial charge is 0.258 e. The monoisotopic (exact) mass is 264 g/mol. The second-order valence-corrected chi connectivity index (χ2v) is 4.47. The molecule has 0 aliphatic carbocycles. The highest BCUT2D eigenvalue weighted by molar-refractivity contribution is 5.34. The van der Waals surface area contributed by atoms with Gasteiger partial charge in [-0.1, -0.05) is 0 Å². The van der Waals surface area contributed by atoms with E-state index in [0.717, 1.165) is 0 Å². The normalized spacial score (nSPS) is 11.5. The van der Waals surface area contributed by atoms with E-state index >= 15 is 0 Å². The number of nitrogens with two attached hydrogens (primary N) is 1. The zero-order valence-corrected chi connectivity index (χ0v) is 11.0. The van der Waals surface area contributed by atoms with Crippen LogP contribution in [0, 0.1) is 0 Å². The van der Waals surface area contributed by atoms with Gasteiger partial charge in [-0.15, -0.1) is 0 Å². The maximum atomic E-state index is 5.64. The summed E-state index contributed by atoms with van der Waals surface area (Å²) in [6.45, 7) is 4.43. The van der Waals surface area contributed by atoms with Gasteiger partial charge in [0.15, 0.2) is 0 Å². The second kappa shape index (κ2) is 5.14. The van der Waals surface area contributed by atoms with Crippen LogP contribution in [-0.2, 0) is 4.74 Å². The lowest BCUT2D eigenvalue weighted by atomic mass is 10.1. The molecule has 0 saturated heterocycles. The molecule has 0 amide bonds. The number of nitrogens with one attached hydrogen (secondary N) is 1. The fraction of sp³-hybridized carbons (Fsp3) is 0.500. The summed E-state index contributed by atoms with van der Waals surface area (Å²) in [6, 6.07) is 0. The van der Waals surface area contributed by atoms with Crippen molar-refractivity contribution in [1.29, 1.82) is 0 Å². The van der Waals surface area contributed by atoms with E-state index in [1.807, 2.05) is 13.8 Å². The molecule has 0 atom stereocenters. The van der Waals surface area contributed by atoms with Crippen LogP contribution in [0.2, 0.25) is 0 Å². The summed E-state index contributed by atoms with van der Waals surface area (Å²) in [4.78, 5) is 16.0. The van der Waals surface area contributed by atoms with Crippen molar-refractivity contribution in [3.63, 3.8) is 0 Å². The second-order valence-electron chi connectivity index (χ2n) is 4.47. The van der Waals surface area contributed by atoms with Crippen LogP contribution < -0.4 is 11.1 Å². The van der Waals surface area contributed by atoms with Crippen molar-refractivity contribution in [3.05, 3.63) is 12.7 Å². The summed E-state index contributed by atoms with van der Waals surface area (Å²) >= 11 is 0. The van der Waals surface area contributed by atoms with Crippen LogP contribution in [0.1, 0.15) is 13.8 Å². The zero-order valence-electron chi connectivity index (χ0n) is 11.0. The number of nitrogens with zero attached hydrogens (tertiary/aromatic N) is 6. The minimum Gasteiger partial charge on any atom is -0.377 e. The van der Waals surface area contributed by atoms with Crippen molar-refractivity contribution < 1.29 is 4.74 Å². The van der Waals surface area contributed by atoms with Gasteiger partial charge in [-0.2, -0.15) is 24.7 Å². The Morgan fingerprint density at radius 2 is 2.16 bits per heavy atom. The maximum absolute atomic E-state index is 5.64. The molecule has 0 radical (unpaired) electrons. The van der Waals surface area contributed by atoms with Crippen LogP contribution in [0.4, 0.5) is 11.9 Å². The molecule has 0 unspecified atom stereocenters. The third-order valence-electron chi connectivity index (χ3n) is 2.49. The average molecular weight is 264 g/mol. The number of nitrogen functional groups attached to an aromatic ring is 1. The minimum atomic E-state index is -0.338. The van der Waals surface area contributed by atoms with E-state index in [-0.39, 0.29) is 11.5 Å². The van der Waals surface area contributed by atoms with E-state index in [0.29, 0.717) is 18.4 Å². The number of anilines is 2. The van der Waals surface area contributed by atoms with Gasteiger partial charge in [0.2, 0.25) is 11.9 Å². The molecule has 0 fully saturated rings.